The van der Waals surface area contributed by atoms with Crippen molar-refractivity contribution in [2.24, 2.45) is 17.6 Å². The van der Waals surface area contributed by atoms with Gasteiger partial charge in [0.1, 0.15) is 0 Å². The standard InChI is InChI=1S/C15H23N3O2S2/c1-9-4-10(2)7-18(6-9)14(20)8-21-15-17-11(3)12(22-15)5-13(16)19/h9-10H,4-8H2,1-3H3,(H2,16,19)/t9-,10-/m1/s1. The van der Waals surface area contributed by atoms with Crippen LogP contribution in [0, 0.1) is 18.8 Å². The monoisotopic (exact) mass is 341 g/mol. The molecule has 7 heteroatoms. The molecule has 0 aliphatic carbocycles. The lowest BCUT2D eigenvalue weighted by molar-refractivity contribution is -0.131. The highest BCUT2D eigenvalue weighted by atomic mass is 32.2. The van der Waals surface area contributed by atoms with Gasteiger partial charge in [-0.2, -0.15) is 0 Å². The number of likely N-dealkylation sites (tertiary alicyclic amines) is 1. The van der Waals surface area contributed by atoms with Crippen LogP contribution in [0.3, 0.4) is 0 Å². The maximum atomic E-state index is 12.3. The van der Waals surface area contributed by atoms with Crippen molar-refractivity contribution in [2.75, 3.05) is 18.8 Å². The van der Waals surface area contributed by atoms with Gasteiger partial charge in [0.15, 0.2) is 4.34 Å². The van der Waals surface area contributed by atoms with Gasteiger partial charge in [0, 0.05) is 18.0 Å². The van der Waals surface area contributed by atoms with Crippen molar-refractivity contribution in [1.29, 1.82) is 0 Å². The van der Waals surface area contributed by atoms with Crippen molar-refractivity contribution in [1.82, 2.24) is 9.88 Å². The summed E-state index contributed by atoms with van der Waals surface area (Å²) in [5.41, 5.74) is 6.05. The number of thiazole rings is 1. The van der Waals surface area contributed by atoms with Gasteiger partial charge in [-0.05, 0) is 25.2 Å². The Hall–Kier alpha value is -1.08. The first-order valence-corrected chi connectivity index (χ1v) is 9.30. The number of thioether (sulfide) groups is 1. The fraction of sp³-hybridized carbons (Fsp3) is 0.667. The number of nitrogens with zero attached hydrogens (tertiary/aromatic N) is 2. The molecule has 0 unspecified atom stereocenters. The molecule has 2 rings (SSSR count). The first-order chi connectivity index (χ1) is 10.3. The summed E-state index contributed by atoms with van der Waals surface area (Å²) in [6.45, 7) is 7.97. The molecule has 0 radical (unpaired) electrons. The summed E-state index contributed by atoms with van der Waals surface area (Å²) in [7, 11) is 0. The van der Waals surface area contributed by atoms with Crippen LogP contribution in [0.5, 0.6) is 0 Å². The lowest BCUT2D eigenvalue weighted by Crippen LogP contribution is -2.43. The van der Waals surface area contributed by atoms with E-state index in [1.807, 2.05) is 11.8 Å². The maximum absolute atomic E-state index is 12.3. The van der Waals surface area contributed by atoms with Crippen LogP contribution in [0.25, 0.3) is 0 Å². The summed E-state index contributed by atoms with van der Waals surface area (Å²) < 4.78 is 0.834. The fourth-order valence-electron chi connectivity index (χ4n) is 2.87. The van der Waals surface area contributed by atoms with E-state index in [1.54, 1.807) is 0 Å². The number of aryl methyl sites for hydroxylation is 1. The third-order valence-corrected chi connectivity index (χ3v) is 6.03. The molecule has 1 saturated heterocycles. The van der Waals surface area contributed by atoms with E-state index < -0.39 is 0 Å². The van der Waals surface area contributed by atoms with Gasteiger partial charge in [0.2, 0.25) is 11.8 Å². The zero-order chi connectivity index (χ0) is 16.3. The van der Waals surface area contributed by atoms with Gasteiger partial charge in [-0.15, -0.1) is 11.3 Å². The molecule has 1 aromatic heterocycles. The average molecular weight is 342 g/mol. The van der Waals surface area contributed by atoms with Crippen molar-refractivity contribution in [2.45, 2.75) is 38.0 Å². The van der Waals surface area contributed by atoms with Crippen molar-refractivity contribution < 1.29 is 9.59 Å². The van der Waals surface area contributed by atoms with Gasteiger partial charge >= 0.3 is 0 Å². The minimum absolute atomic E-state index is 0.174. The van der Waals surface area contributed by atoms with E-state index >= 15 is 0 Å². The molecule has 2 N–H and O–H groups in total. The Morgan fingerprint density at radius 1 is 1.36 bits per heavy atom. The first kappa shape index (κ1) is 17.3. The first-order valence-electron chi connectivity index (χ1n) is 7.50. The van der Waals surface area contributed by atoms with Crippen LogP contribution < -0.4 is 5.73 Å². The largest absolute Gasteiger partial charge is 0.369 e. The van der Waals surface area contributed by atoms with Crippen molar-refractivity contribution >= 4 is 34.9 Å². The zero-order valence-electron chi connectivity index (χ0n) is 13.3. The SMILES string of the molecule is Cc1nc(SCC(=O)N2C[C@H](C)C[C@@H](C)C2)sc1CC(N)=O. The third-order valence-electron chi connectivity index (χ3n) is 3.75. The molecule has 1 aliphatic heterocycles. The Morgan fingerprint density at radius 3 is 2.59 bits per heavy atom. The molecule has 2 amide bonds. The fourth-order valence-corrected chi connectivity index (χ4v) is 5.01. The molecule has 1 aliphatic rings. The lowest BCUT2D eigenvalue weighted by atomic mass is 9.92. The van der Waals surface area contributed by atoms with Gasteiger partial charge in [0.25, 0.3) is 0 Å². The molecule has 2 heterocycles. The molecule has 1 fully saturated rings. The van der Waals surface area contributed by atoms with Gasteiger partial charge in [-0.1, -0.05) is 25.6 Å². The van der Waals surface area contributed by atoms with E-state index in [2.05, 4.69) is 18.8 Å². The number of carbonyl (C=O) groups excluding carboxylic acids is 2. The average Bonchev–Trinajstić information content (AvgIpc) is 2.74. The topological polar surface area (TPSA) is 76.3 Å². The molecule has 0 aromatic carbocycles. The molecular formula is C15H23N3O2S2. The lowest BCUT2D eigenvalue weighted by Gasteiger charge is -2.34. The number of aromatic nitrogens is 1. The van der Waals surface area contributed by atoms with E-state index in [4.69, 9.17) is 5.73 Å². The molecule has 1 aromatic rings. The molecule has 5 nitrogen and oxygen atoms in total. The highest BCUT2D eigenvalue weighted by Crippen LogP contribution is 2.28. The van der Waals surface area contributed by atoms with Crippen molar-refractivity contribution in [3.8, 4) is 0 Å². The van der Waals surface area contributed by atoms with Crippen LogP contribution in [0.4, 0.5) is 0 Å². The summed E-state index contributed by atoms with van der Waals surface area (Å²) in [6, 6.07) is 0. The summed E-state index contributed by atoms with van der Waals surface area (Å²) in [4.78, 5) is 30.6. The summed E-state index contributed by atoms with van der Waals surface area (Å²) in [5.74, 6) is 1.37. The molecule has 22 heavy (non-hydrogen) atoms. The minimum Gasteiger partial charge on any atom is -0.369 e. The number of hydrogen-bond donors (Lipinski definition) is 1. The van der Waals surface area contributed by atoms with Crippen LogP contribution in [-0.2, 0) is 16.0 Å². The van der Waals surface area contributed by atoms with Crippen LogP contribution in [0.15, 0.2) is 4.34 Å². The normalized spacial score (nSPS) is 21.9. The van der Waals surface area contributed by atoms with E-state index in [0.717, 1.165) is 28.0 Å². The summed E-state index contributed by atoms with van der Waals surface area (Å²) >= 11 is 2.91. The van der Waals surface area contributed by atoms with Crippen LogP contribution in [0.2, 0.25) is 0 Å². The minimum atomic E-state index is -0.351. The summed E-state index contributed by atoms with van der Waals surface area (Å²) in [5, 5.41) is 0. The van der Waals surface area contributed by atoms with Gasteiger partial charge in [-0.25, -0.2) is 4.98 Å². The van der Waals surface area contributed by atoms with E-state index in [9.17, 15) is 9.59 Å². The Balaban J connectivity index is 1.89. The number of piperidine rings is 1. The van der Waals surface area contributed by atoms with E-state index in [1.165, 1.54) is 29.5 Å². The van der Waals surface area contributed by atoms with Crippen LogP contribution in [-0.4, -0.2) is 40.5 Å². The Morgan fingerprint density at radius 2 is 2.00 bits per heavy atom. The number of primary amides is 1. The second-order valence-corrected chi connectivity index (χ2v) is 8.47. The Bertz CT molecular complexity index is 549. The zero-order valence-corrected chi connectivity index (χ0v) is 14.9. The molecule has 0 bridgehead atoms. The Labute approximate surface area is 139 Å². The number of rotatable bonds is 5. The van der Waals surface area contributed by atoms with Gasteiger partial charge in [0.05, 0.1) is 17.9 Å². The molecule has 0 spiro atoms. The van der Waals surface area contributed by atoms with E-state index in [-0.39, 0.29) is 18.2 Å². The maximum Gasteiger partial charge on any atom is 0.233 e. The third kappa shape index (κ3) is 4.71. The number of carbonyl (C=O) groups is 2. The predicted molar refractivity (Wildman–Crippen MR) is 90.0 cm³/mol. The molecular weight excluding hydrogens is 318 g/mol. The predicted octanol–water partition coefficient (Wildman–Crippen LogP) is 2.08. The number of hydrogen-bond acceptors (Lipinski definition) is 5. The summed E-state index contributed by atoms with van der Waals surface area (Å²) in [6.07, 6.45) is 1.41. The second kappa shape index (κ2) is 7.46. The number of amides is 2. The van der Waals surface area contributed by atoms with E-state index in [0.29, 0.717) is 17.6 Å². The highest BCUT2D eigenvalue weighted by molar-refractivity contribution is 8.01. The van der Waals surface area contributed by atoms with Gasteiger partial charge in [-0.3, -0.25) is 9.59 Å². The molecule has 122 valence electrons. The van der Waals surface area contributed by atoms with Crippen LogP contribution in [0.1, 0.15) is 30.8 Å². The quantitative estimate of drug-likeness (QED) is 0.832. The smallest absolute Gasteiger partial charge is 0.233 e. The van der Waals surface area contributed by atoms with Gasteiger partial charge < -0.3 is 10.6 Å². The van der Waals surface area contributed by atoms with Crippen molar-refractivity contribution in [3.63, 3.8) is 0 Å². The highest BCUT2D eigenvalue weighted by Gasteiger charge is 2.25. The molecule has 2 atom stereocenters. The van der Waals surface area contributed by atoms with Crippen LogP contribution >= 0.6 is 23.1 Å². The second-order valence-electron chi connectivity index (χ2n) is 6.16. The Kier molecular flexibility index (Phi) is 5.86. The number of nitrogens with two attached hydrogens (primary N) is 1. The molecule has 0 saturated carbocycles. The van der Waals surface area contributed by atoms with Crippen molar-refractivity contribution in [3.05, 3.63) is 10.6 Å².